The summed E-state index contributed by atoms with van der Waals surface area (Å²) in [6, 6.07) is 25.2. The Morgan fingerprint density at radius 1 is 0.645 bits per heavy atom. The fraction of sp³-hybridized carbons (Fsp3) is 0.120. The molecule has 0 saturated carbocycles. The number of fused-ring (bicyclic) bond motifs is 2. The molecular weight excluding hydrogens is 424 g/mol. The van der Waals surface area contributed by atoms with Gasteiger partial charge in [0, 0.05) is 12.8 Å². The molecule has 2 heterocycles. The van der Waals surface area contributed by atoms with Crippen LogP contribution in [-0.2, 0) is 0 Å². The first kappa shape index (κ1) is 19.7. The second-order valence-corrected chi connectivity index (χ2v) is 9.40. The highest BCUT2D eigenvalue weighted by Gasteiger charge is 2.24. The minimum atomic E-state index is -0.222. The van der Waals surface area contributed by atoms with Crippen LogP contribution in [0.4, 0.5) is 0 Å². The van der Waals surface area contributed by atoms with Crippen molar-refractivity contribution in [3.8, 4) is 0 Å². The molecule has 0 aliphatic rings. The zero-order valence-electron chi connectivity index (χ0n) is 16.5. The lowest BCUT2D eigenvalue weighted by Gasteiger charge is -2.15. The van der Waals surface area contributed by atoms with Crippen molar-refractivity contribution >= 4 is 54.7 Å². The van der Waals surface area contributed by atoms with Gasteiger partial charge in [0.2, 0.25) is 0 Å². The predicted octanol–water partition coefficient (Wildman–Crippen LogP) is 6.54. The Balaban J connectivity index is 1.41. The second-order valence-electron chi connectivity index (χ2n) is 7.34. The Hall–Kier alpha value is -3.22. The number of Topliss-reactive ketones (excluding diaryl/α,β-unsaturated/α-hetero) is 2. The summed E-state index contributed by atoms with van der Waals surface area (Å²) in [6.45, 7) is 0. The molecule has 4 nitrogen and oxygen atoms in total. The Kier molecular flexibility index (Phi) is 5.40. The van der Waals surface area contributed by atoms with Crippen molar-refractivity contribution in [3.63, 3.8) is 0 Å². The molecule has 0 aliphatic heterocycles. The maximum absolute atomic E-state index is 13.1. The summed E-state index contributed by atoms with van der Waals surface area (Å²) in [4.78, 5) is 35.2. The van der Waals surface area contributed by atoms with Gasteiger partial charge in [-0.2, -0.15) is 0 Å². The van der Waals surface area contributed by atoms with E-state index in [1.165, 1.54) is 22.7 Å². The highest BCUT2D eigenvalue weighted by atomic mass is 32.1. The van der Waals surface area contributed by atoms with Crippen molar-refractivity contribution in [3.05, 3.63) is 94.4 Å². The largest absolute Gasteiger partial charge is 0.291 e. The predicted molar refractivity (Wildman–Crippen MR) is 126 cm³/mol. The number of hydrogen-bond acceptors (Lipinski definition) is 6. The first-order chi connectivity index (χ1) is 15.2. The molecular formula is C25H18N2O2S2. The third-order valence-corrected chi connectivity index (χ3v) is 7.35. The van der Waals surface area contributed by atoms with Crippen LogP contribution in [0.25, 0.3) is 20.4 Å². The Bertz CT molecular complexity index is 1230. The smallest absolute Gasteiger partial charge is 0.192 e. The number of nitrogens with zero attached hydrogens (tertiary/aromatic N) is 2. The number of rotatable bonds is 7. The van der Waals surface area contributed by atoms with Crippen molar-refractivity contribution in [2.75, 3.05) is 0 Å². The van der Waals surface area contributed by atoms with Crippen molar-refractivity contribution < 1.29 is 9.59 Å². The summed E-state index contributed by atoms with van der Waals surface area (Å²) in [5, 5.41) is 0.990. The van der Waals surface area contributed by atoms with Gasteiger partial charge in [0.15, 0.2) is 21.6 Å². The number of aromatic nitrogens is 2. The van der Waals surface area contributed by atoms with Crippen LogP contribution in [0.3, 0.4) is 0 Å². The number of ketones is 2. The van der Waals surface area contributed by atoms with Gasteiger partial charge in [-0.05, 0) is 35.7 Å². The van der Waals surface area contributed by atoms with Crippen LogP contribution in [0, 0.1) is 0 Å². The van der Waals surface area contributed by atoms with Gasteiger partial charge in [0.25, 0.3) is 0 Å². The molecule has 6 heteroatoms. The number of carbonyl (C=O) groups excluding carboxylic acids is 2. The lowest BCUT2D eigenvalue weighted by Crippen LogP contribution is -2.12. The van der Waals surface area contributed by atoms with Crippen LogP contribution >= 0.6 is 22.7 Å². The van der Waals surface area contributed by atoms with Crippen molar-refractivity contribution in [2.24, 2.45) is 0 Å². The van der Waals surface area contributed by atoms with Gasteiger partial charge in [0.05, 0.1) is 20.4 Å². The van der Waals surface area contributed by atoms with Crippen LogP contribution in [-0.4, -0.2) is 21.5 Å². The zero-order chi connectivity index (χ0) is 21.2. The minimum absolute atomic E-state index is 0.0350. The number of thiazole rings is 2. The monoisotopic (exact) mass is 442 g/mol. The molecule has 5 aromatic rings. The highest BCUT2D eigenvalue weighted by Crippen LogP contribution is 2.31. The first-order valence-electron chi connectivity index (χ1n) is 10.00. The topological polar surface area (TPSA) is 59.9 Å². The van der Waals surface area contributed by atoms with Crippen LogP contribution < -0.4 is 0 Å². The van der Waals surface area contributed by atoms with Crippen molar-refractivity contribution in [1.29, 1.82) is 0 Å². The Morgan fingerprint density at radius 3 is 1.58 bits per heavy atom. The third-order valence-electron chi connectivity index (χ3n) is 5.20. The van der Waals surface area contributed by atoms with Crippen molar-refractivity contribution in [2.45, 2.75) is 18.8 Å². The number of benzene rings is 3. The maximum Gasteiger partial charge on any atom is 0.192 e. The summed E-state index contributed by atoms with van der Waals surface area (Å²) in [7, 11) is 0. The SMILES string of the molecule is O=C(CC(CC(=O)c1nc2ccccc2s1)c1ccccc1)c1nc2ccccc2s1. The van der Waals surface area contributed by atoms with E-state index < -0.39 is 0 Å². The summed E-state index contributed by atoms with van der Waals surface area (Å²) in [6.07, 6.45) is 0.473. The summed E-state index contributed by atoms with van der Waals surface area (Å²) < 4.78 is 1.99. The number of hydrogen-bond donors (Lipinski definition) is 0. The molecule has 0 atom stereocenters. The van der Waals surface area contributed by atoms with Crippen molar-refractivity contribution in [1.82, 2.24) is 9.97 Å². The average molecular weight is 443 g/mol. The molecule has 0 amide bonds. The normalized spacial score (nSPS) is 11.4. The standard InChI is InChI=1S/C25H18N2O2S2/c28-20(24-26-18-10-4-6-12-22(18)30-24)14-17(16-8-2-1-3-9-16)15-21(29)25-27-19-11-5-7-13-23(19)31-25/h1-13,17H,14-15H2. The lowest BCUT2D eigenvalue weighted by molar-refractivity contribution is 0.0944. The summed E-state index contributed by atoms with van der Waals surface area (Å²) >= 11 is 2.81. The van der Waals surface area contributed by atoms with E-state index in [0.717, 1.165) is 26.0 Å². The van der Waals surface area contributed by atoms with E-state index in [-0.39, 0.29) is 30.3 Å². The Morgan fingerprint density at radius 2 is 1.10 bits per heavy atom. The Labute approximate surface area is 187 Å². The molecule has 5 rings (SSSR count). The van der Waals surface area contributed by atoms with Gasteiger partial charge in [-0.15, -0.1) is 22.7 Å². The molecule has 0 bridgehead atoms. The quantitative estimate of drug-likeness (QED) is 0.269. The van der Waals surface area contributed by atoms with Crippen LogP contribution in [0.5, 0.6) is 0 Å². The zero-order valence-corrected chi connectivity index (χ0v) is 18.2. The molecule has 0 N–H and O–H groups in total. The third kappa shape index (κ3) is 4.17. The molecule has 2 aromatic heterocycles. The molecule has 152 valence electrons. The lowest BCUT2D eigenvalue weighted by atomic mass is 9.89. The number of para-hydroxylation sites is 2. The molecule has 0 saturated heterocycles. The van der Waals surface area contributed by atoms with E-state index in [0.29, 0.717) is 10.0 Å². The maximum atomic E-state index is 13.1. The summed E-state index contributed by atoms with van der Waals surface area (Å²) in [5.41, 5.74) is 2.64. The van der Waals surface area contributed by atoms with E-state index in [9.17, 15) is 9.59 Å². The van der Waals surface area contributed by atoms with Gasteiger partial charge < -0.3 is 0 Å². The van der Waals surface area contributed by atoms with Gasteiger partial charge >= 0.3 is 0 Å². The van der Waals surface area contributed by atoms with Crippen LogP contribution in [0.1, 0.15) is 43.9 Å². The van der Waals surface area contributed by atoms with E-state index in [2.05, 4.69) is 9.97 Å². The molecule has 0 aliphatic carbocycles. The molecule has 31 heavy (non-hydrogen) atoms. The first-order valence-corrected chi connectivity index (χ1v) is 11.6. The fourth-order valence-electron chi connectivity index (χ4n) is 3.64. The molecule has 0 spiro atoms. The average Bonchev–Trinajstić information content (AvgIpc) is 3.43. The molecule has 0 radical (unpaired) electrons. The van der Waals surface area contributed by atoms with E-state index in [1.807, 2.05) is 78.9 Å². The van der Waals surface area contributed by atoms with Gasteiger partial charge in [-0.25, -0.2) is 9.97 Å². The van der Waals surface area contributed by atoms with Crippen LogP contribution in [0.2, 0.25) is 0 Å². The van der Waals surface area contributed by atoms with Crippen LogP contribution in [0.15, 0.2) is 78.9 Å². The molecule has 3 aromatic carbocycles. The number of carbonyl (C=O) groups is 2. The van der Waals surface area contributed by atoms with Gasteiger partial charge in [-0.3, -0.25) is 9.59 Å². The van der Waals surface area contributed by atoms with E-state index >= 15 is 0 Å². The summed E-state index contributed by atoms with van der Waals surface area (Å²) in [5.74, 6) is -0.292. The molecule has 0 fully saturated rings. The van der Waals surface area contributed by atoms with Gasteiger partial charge in [-0.1, -0.05) is 54.6 Å². The minimum Gasteiger partial charge on any atom is -0.291 e. The second kappa shape index (κ2) is 8.49. The van der Waals surface area contributed by atoms with E-state index in [4.69, 9.17) is 0 Å². The highest BCUT2D eigenvalue weighted by molar-refractivity contribution is 7.20. The molecule has 0 unspecified atom stereocenters. The van der Waals surface area contributed by atoms with E-state index in [1.54, 1.807) is 0 Å². The fourth-order valence-corrected chi connectivity index (χ4v) is 5.47. The van der Waals surface area contributed by atoms with Gasteiger partial charge in [0.1, 0.15) is 0 Å².